The molecule has 2 rings (SSSR count). The van der Waals surface area contributed by atoms with Crippen LogP contribution in [-0.2, 0) is 12.8 Å². The fourth-order valence-corrected chi connectivity index (χ4v) is 2.82. The summed E-state index contributed by atoms with van der Waals surface area (Å²) in [5.41, 5.74) is 4.27. The van der Waals surface area contributed by atoms with E-state index >= 15 is 0 Å². The van der Waals surface area contributed by atoms with Crippen molar-refractivity contribution in [3.8, 4) is 0 Å². The predicted molar refractivity (Wildman–Crippen MR) is 91.7 cm³/mol. The molecule has 2 aromatic rings. The van der Waals surface area contributed by atoms with E-state index in [1.54, 1.807) is 0 Å². The first-order chi connectivity index (χ1) is 10.1. The molecule has 112 valence electrons. The molecule has 2 unspecified atom stereocenters. The van der Waals surface area contributed by atoms with Gasteiger partial charge in [-0.15, -0.1) is 0 Å². The third kappa shape index (κ3) is 5.35. The van der Waals surface area contributed by atoms with Crippen LogP contribution in [-0.4, -0.2) is 12.1 Å². The summed E-state index contributed by atoms with van der Waals surface area (Å²) in [6.45, 7) is 6.77. The first-order valence-corrected chi connectivity index (χ1v) is 7.99. The number of nitrogens with one attached hydrogen (secondary N) is 1. The molecule has 0 spiro atoms. The van der Waals surface area contributed by atoms with Crippen LogP contribution in [0.15, 0.2) is 54.6 Å². The van der Waals surface area contributed by atoms with Gasteiger partial charge in [-0.2, -0.15) is 0 Å². The van der Waals surface area contributed by atoms with Crippen molar-refractivity contribution in [3.63, 3.8) is 0 Å². The summed E-state index contributed by atoms with van der Waals surface area (Å²) in [5, 5.41) is 3.73. The van der Waals surface area contributed by atoms with E-state index in [9.17, 15) is 0 Å². The maximum atomic E-state index is 3.73. The lowest BCUT2D eigenvalue weighted by molar-refractivity contribution is 0.444. The Balaban J connectivity index is 1.77. The Morgan fingerprint density at radius 1 is 0.857 bits per heavy atom. The largest absolute Gasteiger partial charge is 0.311 e. The average Bonchev–Trinajstić information content (AvgIpc) is 2.48. The fraction of sp³-hybridized carbons (Fsp3) is 0.400. The molecule has 1 heteroatoms. The van der Waals surface area contributed by atoms with Gasteiger partial charge in [0.1, 0.15) is 0 Å². The zero-order valence-electron chi connectivity index (χ0n) is 13.5. The molecule has 0 aliphatic rings. The van der Waals surface area contributed by atoms with E-state index in [1.165, 1.54) is 23.1 Å². The second-order valence-corrected chi connectivity index (χ2v) is 6.12. The zero-order valence-corrected chi connectivity index (χ0v) is 13.5. The van der Waals surface area contributed by atoms with Gasteiger partial charge in [-0.05, 0) is 56.7 Å². The average molecular weight is 281 g/mol. The van der Waals surface area contributed by atoms with Gasteiger partial charge in [0.05, 0.1) is 0 Å². The zero-order chi connectivity index (χ0) is 15.1. The summed E-state index contributed by atoms with van der Waals surface area (Å²) in [6, 6.07) is 20.5. The molecule has 0 aromatic heterocycles. The third-order valence-electron chi connectivity index (χ3n) is 4.07. The first kappa shape index (κ1) is 15.8. The lowest BCUT2D eigenvalue weighted by atomic mass is 10.0. The predicted octanol–water partition coefficient (Wildman–Crippen LogP) is 4.54. The van der Waals surface area contributed by atoms with Crippen LogP contribution in [0.1, 0.15) is 37.0 Å². The summed E-state index contributed by atoms with van der Waals surface area (Å²) in [7, 11) is 0. The quantitative estimate of drug-likeness (QED) is 0.786. The molecular formula is C20H27N. The Morgan fingerprint density at radius 3 is 2.24 bits per heavy atom. The van der Waals surface area contributed by atoms with Crippen LogP contribution in [0.3, 0.4) is 0 Å². The Hall–Kier alpha value is -1.60. The van der Waals surface area contributed by atoms with Crippen molar-refractivity contribution in [1.29, 1.82) is 0 Å². The van der Waals surface area contributed by atoms with Crippen LogP contribution in [0.5, 0.6) is 0 Å². The van der Waals surface area contributed by atoms with Crippen molar-refractivity contribution in [2.24, 2.45) is 0 Å². The van der Waals surface area contributed by atoms with E-state index in [-0.39, 0.29) is 0 Å². The highest BCUT2D eigenvalue weighted by Crippen LogP contribution is 2.11. The molecule has 2 aromatic carbocycles. The molecule has 0 aliphatic heterocycles. The Kier molecular flexibility index (Phi) is 6.01. The minimum Gasteiger partial charge on any atom is -0.311 e. The lowest BCUT2D eigenvalue weighted by Crippen LogP contribution is -2.36. The lowest BCUT2D eigenvalue weighted by Gasteiger charge is -2.21. The molecule has 0 saturated carbocycles. The highest BCUT2D eigenvalue weighted by molar-refractivity contribution is 5.26. The van der Waals surface area contributed by atoms with E-state index in [2.05, 4.69) is 80.7 Å². The van der Waals surface area contributed by atoms with Gasteiger partial charge in [-0.3, -0.25) is 0 Å². The normalized spacial score (nSPS) is 13.9. The van der Waals surface area contributed by atoms with Crippen LogP contribution in [0.2, 0.25) is 0 Å². The summed E-state index contributed by atoms with van der Waals surface area (Å²) in [6.07, 6.45) is 3.43. The Morgan fingerprint density at radius 2 is 1.52 bits per heavy atom. The standard InChI is InChI=1S/C20H27N/c1-16-9-7-8-12-20(16)15-18(3)21-17(2)13-14-19-10-5-4-6-11-19/h4-12,17-18,21H,13-15H2,1-3H3. The van der Waals surface area contributed by atoms with Crippen molar-refractivity contribution in [2.75, 3.05) is 0 Å². The molecule has 0 saturated heterocycles. The van der Waals surface area contributed by atoms with Gasteiger partial charge < -0.3 is 5.32 Å². The van der Waals surface area contributed by atoms with Gasteiger partial charge in [-0.25, -0.2) is 0 Å². The van der Waals surface area contributed by atoms with Gasteiger partial charge in [0.15, 0.2) is 0 Å². The second-order valence-electron chi connectivity index (χ2n) is 6.12. The number of benzene rings is 2. The number of aryl methyl sites for hydroxylation is 2. The van der Waals surface area contributed by atoms with Gasteiger partial charge in [0.25, 0.3) is 0 Å². The molecule has 0 aliphatic carbocycles. The second kappa shape index (κ2) is 7.99. The summed E-state index contributed by atoms with van der Waals surface area (Å²) in [4.78, 5) is 0. The SMILES string of the molecule is Cc1ccccc1CC(C)NC(C)CCc1ccccc1. The monoisotopic (exact) mass is 281 g/mol. The Bertz CT molecular complexity index is 533. The van der Waals surface area contributed by atoms with Gasteiger partial charge in [0.2, 0.25) is 0 Å². The highest BCUT2D eigenvalue weighted by atomic mass is 14.9. The van der Waals surface area contributed by atoms with Crippen molar-refractivity contribution in [3.05, 3.63) is 71.3 Å². The van der Waals surface area contributed by atoms with E-state index in [1.807, 2.05) is 0 Å². The maximum absolute atomic E-state index is 3.73. The van der Waals surface area contributed by atoms with Gasteiger partial charge >= 0.3 is 0 Å². The molecule has 2 atom stereocenters. The fourth-order valence-electron chi connectivity index (χ4n) is 2.82. The third-order valence-corrected chi connectivity index (χ3v) is 4.07. The molecule has 21 heavy (non-hydrogen) atoms. The van der Waals surface area contributed by atoms with Crippen LogP contribution in [0, 0.1) is 6.92 Å². The number of hydrogen-bond donors (Lipinski definition) is 1. The highest BCUT2D eigenvalue weighted by Gasteiger charge is 2.09. The molecule has 0 bridgehead atoms. The Labute approximate surface area is 129 Å². The van der Waals surface area contributed by atoms with Gasteiger partial charge in [0, 0.05) is 12.1 Å². The molecule has 0 fully saturated rings. The van der Waals surface area contributed by atoms with E-state index in [4.69, 9.17) is 0 Å². The molecule has 0 heterocycles. The summed E-state index contributed by atoms with van der Waals surface area (Å²) in [5.74, 6) is 0. The maximum Gasteiger partial charge on any atom is 0.00817 e. The molecule has 1 nitrogen and oxygen atoms in total. The van der Waals surface area contributed by atoms with Crippen LogP contribution in [0.25, 0.3) is 0 Å². The first-order valence-electron chi connectivity index (χ1n) is 7.99. The molecule has 0 amide bonds. The number of hydrogen-bond acceptors (Lipinski definition) is 1. The minimum atomic E-state index is 0.511. The van der Waals surface area contributed by atoms with Crippen molar-refractivity contribution >= 4 is 0 Å². The summed E-state index contributed by atoms with van der Waals surface area (Å²) < 4.78 is 0. The van der Waals surface area contributed by atoms with E-state index in [0.29, 0.717) is 12.1 Å². The van der Waals surface area contributed by atoms with Crippen molar-refractivity contribution in [2.45, 2.75) is 52.1 Å². The topological polar surface area (TPSA) is 12.0 Å². The van der Waals surface area contributed by atoms with E-state index < -0.39 is 0 Å². The molecule has 1 N–H and O–H groups in total. The van der Waals surface area contributed by atoms with Crippen LogP contribution >= 0.6 is 0 Å². The molecule has 0 radical (unpaired) electrons. The van der Waals surface area contributed by atoms with Crippen molar-refractivity contribution in [1.82, 2.24) is 5.32 Å². The van der Waals surface area contributed by atoms with Gasteiger partial charge in [-0.1, -0.05) is 54.6 Å². The van der Waals surface area contributed by atoms with Crippen LogP contribution in [0.4, 0.5) is 0 Å². The molecular weight excluding hydrogens is 254 g/mol. The van der Waals surface area contributed by atoms with E-state index in [0.717, 1.165) is 12.8 Å². The smallest absolute Gasteiger partial charge is 0.00817 e. The summed E-state index contributed by atoms with van der Waals surface area (Å²) >= 11 is 0. The van der Waals surface area contributed by atoms with Crippen LogP contribution < -0.4 is 5.32 Å². The minimum absolute atomic E-state index is 0.511. The van der Waals surface area contributed by atoms with Crippen molar-refractivity contribution < 1.29 is 0 Å². The number of rotatable bonds is 7.